The Kier molecular flexibility index (Phi) is 6.66. The highest BCUT2D eigenvalue weighted by Gasteiger charge is 2.34. The lowest BCUT2D eigenvalue weighted by Crippen LogP contribution is -2.52. The minimum absolute atomic E-state index is 0.177. The number of hydrogen-bond donors (Lipinski definition) is 1. The molecule has 1 N–H and O–H groups in total. The van der Waals surface area contributed by atoms with Crippen molar-refractivity contribution >= 4 is 16.1 Å². The largest absolute Gasteiger partial charge is 0.497 e. The van der Waals surface area contributed by atoms with Crippen LogP contribution in [-0.4, -0.2) is 49.7 Å². The average molecular weight is 404 g/mol. The predicted octanol–water partition coefficient (Wildman–Crippen LogP) is 1.76. The van der Waals surface area contributed by atoms with E-state index >= 15 is 0 Å². The standard InChI is InChI=1S/C20H25N3O4S/c1-27-19-10-8-17(9-11-19)14-21-20(24)16-23-13-5-12-22(28(23,25)26)15-18-6-3-2-4-7-18/h2-4,6-11H,5,12-16H2,1H3,(H,21,24). The van der Waals surface area contributed by atoms with Crippen molar-refractivity contribution in [3.63, 3.8) is 0 Å². The molecular formula is C20H25N3O4S. The summed E-state index contributed by atoms with van der Waals surface area (Å²) in [6.45, 7) is 1.28. The van der Waals surface area contributed by atoms with Crippen LogP contribution >= 0.6 is 0 Å². The number of ether oxygens (including phenoxy) is 1. The van der Waals surface area contributed by atoms with Gasteiger partial charge in [0, 0.05) is 26.2 Å². The Morgan fingerprint density at radius 1 is 1.00 bits per heavy atom. The van der Waals surface area contributed by atoms with E-state index in [0.717, 1.165) is 16.9 Å². The average Bonchev–Trinajstić information content (AvgIpc) is 2.71. The van der Waals surface area contributed by atoms with E-state index in [4.69, 9.17) is 4.74 Å². The van der Waals surface area contributed by atoms with Crippen molar-refractivity contribution in [3.05, 3.63) is 65.7 Å². The lowest BCUT2D eigenvalue weighted by atomic mass is 10.2. The second-order valence-corrected chi connectivity index (χ2v) is 8.57. The lowest BCUT2D eigenvalue weighted by molar-refractivity contribution is -0.121. The van der Waals surface area contributed by atoms with Crippen molar-refractivity contribution in [1.82, 2.24) is 13.9 Å². The maximum Gasteiger partial charge on any atom is 0.282 e. The third kappa shape index (κ3) is 5.09. The predicted molar refractivity (Wildman–Crippen MR) is 107 cm³/mol. The third-order valence-corrected chi connectivity index (χ3v) is 6.57. The van der Waals surface area contributed by atoms with Gasteiger partial charge in [0.15, 0.2) is 0 Å². The van der Waals surface area contributed by atoms with E-state index in [1.54, 1.807) is 7.11 Å². The lowest BCUT2D eigenvalue weighted by Gasteiger charge is -2.34. The van der Waals surface area contributed by atoms with Gasteiger partial charge in [-0.2, -0.15) is 17.0 Å². The van der Waals surface area contributed by atoms with E-state index in [1.165, 1.54) is 8.61 Å². The second-order valence-electron chi connectivity index (χ2n) is 6.64. The third-order valence-electron chi connectivity index (χ3n) is 4.64. The molecule has 0 radical (unpaired) electrons. The van der Waals surface area contributed by atoms with Crippen LogP contribution in [0.25, 0.3) is 0 Å². The van der Waals surface area contributed by atoms with Gasteiger partial charge in [0.1, 0.15) is 5.75 Å². The van der Waals surface area contributed by atoms with E-state index in [1.807, 2.05) is 54.6 Å². The van der Waals surface area contributed by atoms with Crippen molar-refractivity contribution in [2.24, 2.45) is 0 Å². The molecule has 3 rings (SSSR count). The monoisotopic (exact) mass is 403 g/mol. The van der Waals surface area contributed by atoms with E-state index in [0.29, 0.717) is 32.6 Å². The SMILES string of the molecule is COc1ccc(CNC(=O)CN2CCCN(Cc3ccccc3)S2(=O)=O)cc1. The molecule has 0 bridgehead atoms. The van der Waals surface area contributed by atoms with Crippen molar-refractivity contribution in [1.29, 1.82) is 0 Å². The van der Waals surface area contributed by atoms with Gasteiger partial charge in [0.25, 0.3) is 10.2 Å². The van der Waals surface area contributed by atoms with Crippen LogP contribution in [-0.2, 0) is 28.1 Å². The second kappa shape index (κ2) is 9.18. The van der Waals surface area contributed by atoms with Gasteiger partial charge >= 0.3 is 0 Å². The maximum absolute atomic E-state index is 12.9. The fourth-order valence-electron chi connectivity index (χ4n) is 3.09. The highest BCUT2D eigenvalue weighted by atomic mass is 32.2. The molecule has 1 amide bonds. The van der Waals surface area contributed by atoms with E-state index in [-0.39, 0.29) is 12.5 Å². The van der Waals surface area contributed by atoms with Gasteiger partial charge in [-0.3, -0.25) is 4.79 Å². The molecule has 7 nitrogen and oxygen atoms in total. The summed E-state index contributed by atoms with van der Waals surface area (Å²) < 4.78 is 33.5. The Bertz CT molecular complexity index is 885. The van der Waals surface area contributed by atoms with Gasteiger partial charge in [-0.15, -0.1) is 0 Å². The van der Waals surface area contributed by atoms with Crippen LogP contribution in [0.5, 0.6) is 5.75 Å². The van der Waals surface area contributed by atoms with Crippen LogP contribution in [0.3, 0.4) is 0 Å². The fraction of sp³-hybridized carbons (Fsp3) is 0.350. The molecule has 0 unspecified atom stereocenters. The van der Waals surface area contributed by atoms with Crippen molar-refractivity contribution in [2.45, 2.75) is 19.5 Å². The number of carbonyl (C=O) groups is 1. The van der Waals surface area contributed by atoms with Gasteiger partial charge in [-0.1, -0.05) is 42.5 Å². The fourth-order valence-corrected chi connectivity index (χ4v) is 4.72. The first-order valence-electron chi connectivity index (χ1n) is 9.18. The van der Waals surface area contributed by atoms with E-state index < -0.39 is 10.2 Å². The summed E-state index contributed by atoms with van der Waals surface area (Å²) in [7, 11) is -2.07. The molecule has 28 heavy (non-hydrogen) atoms. The van der Waals surface area contributed by atoms with Gasteiger partial charge in [-0.25, -0.2) is 0 Å². The van der Waals surface area contributed by atoms with Gasteiger partial charge in [0.2, 0.25) is 5.91 Å². The van der Waals surface area contributed by atoms with Crippen molar-refractivity contribution < 1.29 is 17.9 Å². The Balaban J connectivity index is 1.56. The highest BCUT2D eigenvalue weighted by molar-refractivity contribution is 7.86. The molecule has 1 aliphatic heterocycles. The van der Waals surface area contributed by atoms with Crippen LogP contribution in [0.4, 0.5) is 0 Å². The maximum atomic E-state index is 12.9. The molecule has 1 saturated heterocycles. The molecule has 150 valence electrons. The number of amides is 1. The molecule has 8 heteroatoms. The van der Waals surface area contributed by atoms with Crippen molar-refractivity contribution in [2.75, 3.05) is 26.7 Å². The zero-order valence-corrected chi connectivity index (χ0v) is 16.7. The minimum Gasteiger partial charge on any atom is -0.497 e. The molecule has 2 aromatic rings. The summed E-state index contributed by atoms with van der Waals surface area (Å²) in [5.41, 5.74) is 1.85. The first-order chi connectivity index (χ1) is 13.5. The number of rotatable bonds is 7. The zero-order chi connectivity index (χ0) is 20.0. The van der Waals surface area contributed by atoms with Crippen LogP contribution in [0.2, 0.25) is 0 Å². The summed E-state index contributed by atoms with van der Waals surface area (Å²) in [6, 6.07) is 16.8. The first kappa shape index (κ1) is 20.3. The Labute approximate surface area is 166 Å². The molecule has 1 aliphatic rings. The summed E-state index contributed by atoms with van der Waals surface area (Å²) in [6.07, 6.45) is 0.692. The number of hydrogen-bond acceptors (Lipinski definition) is 4. The van der Waals surface area contributed by atoms with Gasteiger partial charge < -0.3 is 10.1 Å². The highest BCUT2D eigenvalue weighted by Crippen LogP contribution is 2.19. The van der Waals surface area contributed by atoms with Crippen LogP contribution in [0.15, 0.2) is 54.6 Å². The molecule has 0 aliphatic carbocycles. The smallest absolute Gasteiger partial charge is 0.282 e. The normalized spacial score (nSPS) is 17.2. The topological polar surface area (TPSA) is 79.0 Å². The molecule has 0 spiro atoms. The molecule has 0 atom stereocenters. The van der Waals surface area contributed by atoms with E-state index in [9.17, 15) is 13.2 Å². The number of methoxy groups -OCH3 is 1. The van der Waals surface area contributed by atoms with Crippen LogP contribution in [0.1, 0.15) is 17.5 Å². The van der Waals surface area contributed by atoms with Gasteiger partial charge in [0.05, 0.1) is 13.7 Å². The molecule has 0 saturated carbocycles. The molecule has 0 aromatic heterocycles. The van der Waals surface area contributed by atoms with Gasteiger partial charge in [-0.05, 0) is 29.7 Å². The Morgan fingerprint density at radius 3 is 2.36 bits per heavy atom. The van der Waals surface area contributed by atoms with E-state index in [2.05, 4.69) is 5.32 Å². The number of carbonyl (C=O) groups excluding carboxylic acids is 1. The molecule has 1 heterocycles. The molecular weight excluding hydrogens is 378 g/mol. The Hall–Kier alpha value is -2.42. The number of nitrogens with zero attached hydrogens (tertiary/aromatic N) is 2. The number of benzene rings is 2. The number of nitrogens with one attached hydrogen (secondary N) is 1. The minimum atomic E-state index is -3.66. The molecule has 1 fully saturated rings. The summed E-state index contributed by atoms with van der Waals surface area (Å²) >= 11 is 0. The Morgan fingerprint density at radius 2 is 1.68 bits per heavy atom. The van der Waals surface area contributed by atoms with Crippen LogP contribution < -0.4 is 10.1 Å². The molecule has 2 aromatic carbocycles. The quantitative estimate of drug-likeness (QED) is 0.764. The van der Waals surface area contributed by atoms with Crippen LogP contribution in [0, 0.1) is 0 Å². The zero-order valence-electron chi connectivity index (χ0n) is 15.9. The van der Waals surface area contributed by atoms with Crippen molar-refractivity contribution in [3.8, 4) is 5.75 Å². The summed E-state index contributed by atoms with van der Waals surface area (Å²) in [5.74, 6) is 0.425. The summed E-state index contributed by atoms with van der Waals surface area (Å²) in [5, 5.41) is 2.78. The summed E-state index contributed by atoms with van der Waals surface area (Å²) in [4.78, 5) is 12.3. The first-order valence-corrected chi connectivity index (χ1v) is 10.6.